The lowest BCUT2D eigenvalue weighted by Crippen LogP contribution is -2.46. The molecular weight excluding hydrogens is 232 g/mol. The molecule has 1 rings (SSSR count). The maximum atomic E-state index is 12.0. The zero-order chi connectivity index (χ0) is 13.8. The second-order valence-electron chi connectivity index (χ2n) is 4.66. The topological polar surface area (TPSA) is 97.1 Å². The average molecular weight is 250 g/mol. The van der Waals surface area contributed by atoms with Crippen molar-refractivity contribution in [1.82, 2.24) is 10.3 Å². The van der Waals surface area contributed by atoms with Crippen molar-refractivity contribution in [3.05, 3.63) is 23.9 Å². The van der Waals surface area contributed by atoms with E-state index in [-0.39, 0.29) is 12.3 Å². The van der Waals surface area contributed by atoms with Gasteiger partial charge < -0.3 is 16.4 Å². The molecule has 18 heavy (non-hydrogen) atoms. The lowest BCUT2D eigenvalue weighted by Gasteiger charge is -2.24. The Labute approximate surface area is 106 Å². The van der Waals surface area contributed by atoms with Crippen molar-refractivity contribution in [3.8, 4) is 0 Å². The predicted octanol–water partition coefficient (Wildman–Crippen LogP) is 0.507. The van der Waals surface area contributed by atoms with Crippen molar-refractivity contribution in [2.75, 3.05) is 12.4 Å². The number of nitrogens with two attached hydrogens (primary N) is 1. The van der Waals surface area contributed by atoms with Crippen LogP contribution in [0.3, 0.4) is 0 Å². The molecule has 0 saturated heterocycles. The molecule has 1 aromatic rings. The Kier molecular flexibility index (Phi) is 4.25. The van der Waals surface area contributed by atoms with Crippen LogP contribution in [0.2, 0.25) is 0 Å². The molecule has 0 aliphatic heterocycles. The van der Waals surface area contributed by atoms with Gasteiger partial charge in [0.15, 0.2) is 0 Å². The summed E-state index contributed by atoms with van der Waals surface area (Å²) in [4.78, 5) is 26.9. The van der Waals surface area contributed by atoms with Gasteiger partial charge in [-0.2, -0.15) is 0 Å². The Morgan fingerprint density at radius 2 is 2.11 bits per heavy atom. The van der Waals surface area contributed by atoms with Crippen LogP contribution >= 0.6 is 0 Å². The number of rotatable bonds is 5. The number of carbonyl (C=O) groups excluding carboxylic acids is 2. The summed E-state index contributed by atoms with van der Waals surface area (Å²) in [7, 11) is 1.72. The Balaban J connectivity index is 2.78. The summed E-state index contributed by atoms with van der Waals surface area (Å²) in [5.74, 6) is -0.110. The molecule has 0 spiro atoms. The lowest BCUT2D eigenvalue weighted by molar-refractivity contribution is -0.119. The number of amides is 2. The van der Waals surface area contributed by atoms with Crippen LogP contribution in [0.5, 0.6) is 0 Å². The molecule has 0 radical (unpaired) electrons. The third-order valence-electron chi connectivity index (χ3n) is 2.35. The van der Waals surface area contributed by atoms with E-state index in [1.807, 2.05) is 0 Å². The number of pyridine rings is 1. The maximum Gasteiger partial charge on any atom is 0.251 e. The largest absolute Gasteiger partial charge is 0.373 e. The van der Waals surface area contributed by atoms with Crippen LogP contribution in [0.1, 0.15) is 30.6 Å². The van der Waals surface area contributed by atoms with Gasteiger partial charge in [-0.05, 0) is 26.0 Å². The number of aromatic nitrogens is 1. The van der Waals surface area contributed by atoms with Crippen molar-refractivity contribution in [1.29, 1.82) is 0 Å². The molecular formula is C12H18N4O2. The number of hydrogen-bond donors (Lipinski definition) is 3. The summed E-state index contributed by atoms with van der Waals surface area (Å²) < 4.78 is 0. The zero-order valence-electron chi connectivity index (χ0n) is 10.8. The molecule has 0 atom stereocenters. The molecule has 4 N–H and O–H groups in total. The van der Waals surface area contributed by atoms with Crippen molar-refractivity contribution < 1.29 is 9.59 Å². The fraction of sp³-hybridized carbons (Fsp3) is 0.417. The molecule has 0 fully saturated rings. The molecule has 6 nitrogen and oxygen atoms in total. The first kappa shape index (κ1) is 14.0. The van der Waals surface area contributed by atoms with Crippen LogP contribution in [0, 0.1) is 0 Å². The van der Waals surface area contributed by atoms with Gasteiger partial charge >= 0.3 is 0 Å². The smallest absolute Gasteiger partial charge is 0.251 e. The minimum absolute atomic E-state index is 0.0860. The third kappa shape index (κ3) is 4.04. The van der Waals surface area contributed by atoms with Crippen molar-refractivity contribution in [2.45, 2.75) is 25.8 Å². The fourth-order valence-corrected chi connectivity index (χ4v) is 1.57. The van der Waals surface area contributed by atoms with E-state index >= 15 is 0 Å². The summed E-state index contributed by atoms with van der Waals surface area (Å²) in [6.07, 6.45) is 1.63. The number of anilines is 1. The van der Waals surface area contributed by atoms with Gasteiger partial charge in [-0.15, -0.1) is 0 Å². The maximum absolute atomic E-state index is 12.0. The van der Waals surface area contributed by atoms with Gasteiger partial charge in [-0.3, -0.25) is 9.59 Å². The number of primary amides is 1. The van der Waals surface area contributed by atoms with Gasteiger partial charge in [0.25, 0.3) is 5.91 Å². The molecule has 0 aliphatic carbocycles. The van der Waals surface area contributed by atoms with Gasteiger partial charge in [0.05, 0.1) is 0 Å². The molecule has 0 saturated carbocycles. The van der Waals surface area contributed by atoms with Crippen LogP contribution in [0.4, 0.5) is 5.82 Å². The second kappa shape index (κ2) is 5.48. The monoisotopic (exact) mass is 250 g/mol. The molecule has 0 unspecified atom stereocenters. The first-order valence-corrected chi connectivity index (χ1v) is 5.59. The fourth-order valence-electron chi connectivity index (χ4n) is 1.57. The summed E-state index contributed by atoms with van der Waals surface area (Å²) in [6, 6.07) is 3.24. The Morgan fingerprint density at radius 1 is 1.44 bits per heavy atom. The van der Waals surface area contributed by atoms with Crippen LogP contribution in [0.15, 0.2) is 18.3 Å². The highest BCUT2D eigenvalue weighted by molar-refractivity contribution is 5.95. The third-order valence-corrected chi connectivity index (χ3v) is 2.35. The Bertz CT molecular complexity index is 457. The second-order valence-corrected chi connectivity index (χ2v) is 4.66. The van der Waals surface area contributed by atoms with Gasteiger partial charge in [-0.1, -0.05) is 0 Å². The normalized spacial score (nSPS) is 10.8. The number of nitrogens with zero attached hydrogens (tertiary/aromatic N) is 1. The first-order valence-electron chi connectivity index (χ1n) is 5.59. The zero-order valence-corrected chi connectivity index (χ0v) is 10.8. The lowest BCUT2D eigenvalue weighted by atomic mass is 9.99. The average Bonchev–Trinajstić information content (AvgIpc) is 2.26. The standard InChI is InChI=1S/C12H18N4O2/c1-12(2,7-9(13)17)16-11(18)8-4-5-15-10(6-8)14-3/h4-6H,7H2,1-3H3,(H2,13,17)(H,14,15)(H,16,18). The van der Waals surface area contributed by atoms with E-state index in [0.717, 1.165) is 0 Å². The number of nitrogens with one attached hydrogen (secondary N) is 2. The summed E-state index contributed by atoms with van der Waals surface area (Å²) in [5, 5.41) is 5.61. The van der Waals surface area contributed by atoms with E-state index < -0.39 is 11.4 Å². The first-order chi connectivity index (χ1) is 8.34. The van der Waals surface area contributed by atoms with Crippen LogP contribution in [-0.2, 0) is 4.79 Å². The van der Waals surface area contributed by atoms with Crippen molar-refractivity contribution in [2.24, 2.45) is 5.73 Å². The van der Waals surface area contributed by atoms with Crippen LogP contribution in [0.25, 0.3) is 0 Å². The molecule has 0 aliphatic rings. The minimum atomic E-state index is -0.675. The summed E-state index contributed by atoms with van der Waals surface area (Å²) >= 11 is 0. The highest BCUT2D eigenvalue weighted by Gasteiger charge is 2.23. The van der Waals surface area contributed by atoms with Gasteiger partial charge in [0.2, 0.25) is 5.91 Å². The molecule has 0 aromatic carbocycles. The van der Waals surface area contributed by atoms with Gasteiger partial charge in [0, 0.05) is 30.8 Å². The SMILES string of the molecule is CNc1cc(C(=O)NC(C)(C)CC(N)=O)ccn1. The van der Waals surface area contributed by atoms with Gasteiger partial charge in [0.1, 0.15) is 5.82 Å². The quantitative estimate of drug-likeness (QED) is 0.709. The molecule has 6 heteroatoms. The Morgan fingerprint density at radius 3 is 2.67 bits per heavy atom. The molecule has 1 aromatic heterocycles. The van der Waals surface area contributed by atoms with Crippen LogP contribution in [-0.4, -0.2) is 29.4 Å². The number of hydrogen-bond acceptors (Lipinski definition) is 4. The summed E-state index contributed by atoms with van der Waals surface area (Å²) in [6.45, 7) is 3.49. The van der Waals surface area contributed by atoms with Crippen molar-refractivity contribution >= 4 is 17.6 Å². The van der Waals surface area contributed by atoms with E-state index in [1.165, 1.54) is 0 Å². The Hall–Kier alpha value is -2.11. The summed E-state index contributed by atoms with van der Waals surface area (Å²) in [5.41, 5.74) is 4.93. The van der Waals surface area contributed by atoms with E-state index in [4.69, 9.17) is 5.73 Å². The molecule has 2 amide bonds. The molecule has 98 valence electrons. The number of carbonyl (C=O) groups is 2. The molecule has 0 bridgehead atoms. The van der Waals surface area contributed by atoms with E-state index in [9.17, 15) is 9.59 Å². The predicted molar refractivity (Wildman–Crippen MR) is 69.1 cm³/mol. The minimum Gasteiger partial charge on any atom is -0.373 e. The van der Waals surface area contributed by atoms with Crippen molar-refractivity contribution in [3.63, 3.8) is 0 Å². The van der Waals surface area contributed by atoms with Gasteiger partial charge in [-0.25, -0.2) is 4.98 Å². The highest BCUT2D eigenvalue weighted by Crippen LogP contribution is 2.11. The van der Waals surface area contributed by atoms with E-state index in [1.54, 1.807) is 39.2 Å². The van der Waals surface area contributed by atoms with E-state index in [0.29, 0.717) is 11.4 Å². The van der Waals surface area contributed by atoms with Crippen LogP contribution < -0.4 is 16.4 Å². The highest BCUT2D eigenvalue weighted by atomic mass is 16.2. The van der Waals surface area contributed by atoms with E-state index in [2.05, 4.69) is 15.6 Å². The molecule has 1 heterocycles.